The number of aliphatic hydroxyl groups is 2. The first-order valence-corrected chi connectivity index (χ1v) is 10.5. The van der Waals surface area contributed by atoms with Crippen molar-refractivity contribution >= 4 is 17.8 Å². The van der Waals surface area contributed by atoms with Gasteiger partial charge in [-0.2, -0.15) is 0 Å². The van der Waals surface area contributed by atoms with Gasteiger partial charge in [0.15, 0.2) is 11.5 Å². The molecule has 33 heavy (non-hydrogen) atoms. The highest BCUT2D eigenvalue weighted by Gasteiger charge is 2.59. The third kappa shape index (κ3) is 6.32. The number of rotatable bonds is 10. The zero-order chi connectivity index (χ0) is 24.3. The van der Waals surface area contributed by atoms with Crippen LogP contribution in [0.3, 0.4) is 0 Å². The van der Waals surface area contributed by atoms with E-state index in [4.69, 9.17) is 20.3 Å². The summed E-state index contributed by atoms with van der Waals surface area (Å²) in [5, 5.41) is 50.5. The SMILES string of the molecule is N[C@@H](CCC(=O)O)C(=O)N[C@@H](Cc1ccc(OC2C[C@@H](O)CC3(CC3O)O2)c(O)c1)C(=O)O. The summed E-state index contributed by atoms with van der Waals surface area (Å²) in [5.41, 5.74) is 5.17. The molecule has 8 N–H and O–H groups in total. The topological polar surface area (TPSA) is 209 Å². The van der Waals surface area contributed by atoms with Crippen LogP contribution in [0.2, 0.25) is 0 Å². The number of amides is 1. The fraction of sp³-hybridized carbons (Fsp3) is 0.571. The number of carbonyl (C=O) groups excluding carboxylic acids is 1. The van der Waals surface area contributed by atoms with Crippen LogP contribution < -0.4 is 15.8 Å². The number of aliphatic hydroxyl groups excluding tert-OH is 2. The molecule has 1 aromatic carbocycles. The van der Waals surface area contributed by atoms with Gasteiger partial charge in [-0.3, -0.25) is 9.59 Å². The predicted octanol–water partition coefficient (Wildman–Crippen LogP) is -0.924. The number of phenols is 1. The number of aliphatic carboxylic acids is 2. The molecule has 1 aliphatic carbocycles. The molecule has 1 aromatic rings. The van der Waals surface area contributed by atoms with E-state index >= 15 is 0 Å². The van der Waals surface area contributed by atoms with Crippen LogP contribution >= 0.6 is 0 Å². The monoisotopic (exact) mass is 468 g/mol. The lowest BCUT2D eigenvalue weighted by molar-refractivity contribution is -0.197. The van der Waals surface area contributed by atoms with Crippen LogP contribution in [0.15, 0.2) is 18.2 Å². The molecule has 3 rings (SSSR count). The molecule has 1 amide bonds. The Kier molecular flexibility index (Phi) is 7.42. The average molecular weight is 468 g/mol. The van der Waals surface area contributed by atoms with Crippen molar-refractivity contribution in [3.63, 3.8) is 0 Å². The number of carbonyl (C=O) groups is 3. The second kappa shape index (κ2) is 9.91. The third-order valence-electron chi connectivity index (χ3n) is 5.74. The fourth-order valence-corrected chi connectivity index (χ4v) is 3.80. The van der Waals surface area contributed by atoms with Crippen LogP contribution in [-0.2, 0) is 25.5 Å². The summed E-state index contributed by atoms with van der Waals surface area (Å²) < 4.78 is 11.4. The molecule has 1 spiro atoms. The molecule has 2 aliphatic rings. The second-order valence-electron chi connectivity index (χ2n) is 8.49. The Hall–Kier alpha value is -2.93. The van der Waals surface area contributed by atoms with E-state index in [2.05, 4.69) is 5.32 Å². The second-order valence-corrected chi connectivity index (χ2v) is 8.49. The Morgan fingerprint density at radius 3 is 2.52 bits per heavy atom. The van der Waals surface area contributed by atoms with Gasteiger partial charge in [-0.25, -0.2) is 4.79 Å². The van der Waals surface area contributed by atoms with Gasteiger partial charge < -0.3 is 46.1 Å². The van der Waals surface area contributed by atoms with Gasteiger partial charge in [-0.1, -0.05) is 6.07 Å². The highest BCUT2D eigenvalue weighted by Crippen LogP contribution is 2.48. The van der Waals surface area contributed by atoms with Gasteiger partial charge in [0.2, 0.25) is 12.2 Å². The molecule has 12 nitrogen and oxygen atoms in total. The number of nitrogens with one attached hydrogen (secondary N) is 1. The summed E-state index contributed by atoms with van der Waals surface area (Å²) in [4.78, 5) is 34.3. The zero-order valence-electron chi connectivity index (χ0n) is 17.7. The molecular weight excluding hydrogens is 440 g/mol. The van der Waals surface area contributed by atoms with E-state index in [9.17, 15) is 34.8 Å². The van der Waals surface area contributed by atoms with Gasteiger partial charge in [0.25, 0.3) is 0 Å². The summed E-state index contributed by atoms with van der Waals surface area (Å²) in [5.74, 6) is -3.49. The molecule has 1 saturated carbocycles. The number of ether oxygens (including phenoxy) is 2. The van der Waals surface area contributed by atoms with Crippen molar-refractivity contribution in [2.75, 3.05) is 0 Å². The minimum atomic E-state index is -1.35. The number of carboxylic acid groups (broad SMARTS) is 2. The number of aromatic hydroxyl groups is 1. The van der Waals surface area contributed by atoms with E-state index in [1.807, 2.05) is 0 Å². The molecule has 0 aromatic heterocycles. The molecule has 182 valence electrons. The standard InChI is InChI=1S/C21H28N2O10/c22-12(2-4-17(27)28)19(29)23-13(20(30)31)5-10-1-3-15(14(25)6-10)32-18-7-11(24)8-21(33-18)9-16(21)26/h1,3,6,11-13,16,18,24-26H,2,4-5,7-9,22H2,(H,23,29)(H,27,28)(H,30,31)/t11-,12+,13+,16?,18?,21?/m1/s1. The van der Waals surface area contributed by atoms with Gasteiger partial charge >= 0.3 is 11.9 Å². The lowest BCUT2D eigenvalue weighted by Gasteiger charge is -2.33. The van der Waals surface area contributed by atoms with E-state index in [-0.39, 0.29) is 37.2 Å². The third-order valence-corrected chi connectivity index (χ3v) is 5.74. The summed E-state index contributed by atoms with van der Waals surface area (Å²) in [6.45, 7) is 0. The molecule has 0 bridgehead atoms. The van der Waals surface area contributed by atoms with Crippen molar-refractivity contribution in [3.05, 3.63) is 23.8 Å². The van der Waals surface area contributed by atoms with Gasteiger partial charge in [0, 0.05) is 32.1 Å². The summed E-state index contributed by atoms with van der Waals surface area (Å²) in [7, 11) is 0. The quantitative estimate of drug-likeness (QED) is 0.223. The van der Waals surface area contributed by atoms with Crippen LogP contribution in [0.4, 0.5) is 0 Å². The number of nitrogens with two attached hydrogens (primary N) is 1. The van der Waals surface area contributed by atoms with Crippen molar-refractivity contribution < 1.29 is 49.4 Å². The van der Waals surface area contributed by atoms with Crippen LogP contribution in [0, 0.1) is 0 Å². The number of carboxylic acids is 2. The lowest BCUT2D eigenvalue weighted by Crippen LogP contribution is -2.49. The largest absolute Gasteiger partial charge is 0.504 e. The normalized spacial score (nSPS) is 28.0. The van der Waals surface area contributed by atoms with Gasteiger partial charge in [0.05, 0.1) is 18.2 Å². The number of hydrogen-bond donors (Lipinski definition) is 7. The highest BCUT2D eigenvalue weighted by atomic mass is 16.7. The molecule has 1 aliphatic heterocycles. The van der Waals surface area contributed by atoms with Crippen molar-refractivity contribution in [3.8, 4) is 11.5 Å². The van der Waals surface area contributed by atoms with Gasteiger partial charge in [0.1, 0.15) is 11.6 Å². The van der Waals surface area contributed by atoms with E-state index in [0.717, 1.165) is 0 Å². The Balaban J connectivity index is 1.60. The van der Waals surface area contributed by atoms with Crippen LogP contribution in [0.25, 0.3) is 0 Å². The number of benzene rings is 1. The van der Waals surface area contributed by atoms with Crippen LogP contribution in [0.5, 0.6) is 11.5 Å². The van der Waals surface area contributed by atoms with Crippen molar-refractivity contribution in [2.24, 2.45) is 5.73 Å². The van der Waals surface area contributed by atoms with Crippen LogP contribution in [0.1, 0.15) is 37.7 Å². The van der Waals surface area contributed by atoms with Crippen molar-refractivity contribution in [1.29, 1.82) is 0 Å². The predicted molar refractivity (Wildman–Crippen MR) is 110 cm³/mol. The molecular formula is C21H28N2O10. The van der Waals surface area contributed by atoms with E-state index in [0.29, 0.717) is 18.4 Å². The maximum atomic E-state index is 12.1. The van der Waals surface area contributed by atoms with E-state index in [1.165, 1.54) is 18.2 Å². The maximum absolute atomic E-state index is 12.1. The summed E-state index contributed by atoms with van der Waals surface area (Å²) >= 11 is 0. The highest BCUT2D eigenvalue weighted by molar-refractivity contribution is 5.87. The smallest absolute Gasteiger partial charge is 0.326 e. The maximum Gasteiger partial charge on any atom is 0.326 e. The first-order valence-electron chi connectivity index (χ1n) is 10.5. The Morgan fingerprint density at radius 1 is 1.24 bits per heavy atom. The van der Waals surface area contributed by atoms with Gasteiger partial charge in [-0.05, 0) is 24.1 Å². The Bertz CT molecular complexity index is 909. The lowest BCUT2D eigenvalue weighted by atomic mass is 10.0. The Labute approximate surface area is 188 Å². The summed E-state index contributed by atoms with van der Waals surface area (Å²) in [6, 6.07) is 1.66. The molecule has 0 radical (unpaired) electrons. The Morgan fingerprint density at radius 2 is 1.94 bits per heavy atom. The fourth-order valence-electron chi connectivity index (χ4n) is 3.80. The summed E-state index contributed by atoms with van der Waals surface area (Å²) in [6.07, 6.45) is -2.04. The molecule has 3 unspecified atom stereocenters. The minimum absolute atomic E-state index is 0.0507. The molecule has 12 heteroatoms. The van der Waals surface area contributed by atoms with Gasteiger partial charge in [-0.15, -0.1) is 0 Å². The van der Waals surface area contributed by atoms with Crippen molar-refractivity contribution in [1.82, 2.24) is 5.32 Å². The first-order chi connectivity index (χ1) is 15.5. The average Bonchev–Trinajstić information content (AvgIpc) is 3.33. The molecule has 1 heterocycles. The first kappa shape index (κ1) is 24.7. The minimum Gasteiger partial charge on any atom is -0.504 e. The van der Waals surface area contributed by atoms with E-state index < -0.39 is 54.0 Å². The van der Waals surface area contributed by atoms with Crippen LogP contribution in [-0.4, -0.2) is 79.6 Å². The van der Waals surface area contributed by atoms with Crippen molar-refractivity contribution in [2.45, 2.75) is 74.7 Å². The number of phenolic OH excluding ortho intramolecular Hbond substituents is 1. The molecule has 1 saturated heterocycles. The molecule has 2 fully saturated rings. The molecule has 6 atom stereocenters. The zero-order valence-corrected chi connectivity index (χ0v) is 17.7. The van der Waals surface area contributed by atoms with E-state index in [1.54, 1.807) is 0 Å². The number of hydrogen-bond acceptors (Lipinski definition) is 9.